The van der Waals surface area contributed by atoms with Gasteiger partial charge in [-0.2, -0.15) is 0 Å². The highest BCUT2D eigenvalue weighted by molar-refractivity contribution is 14.1. The summed E-state index contributed by atoms with van der Waals surface area (Å²) in [5.74, 6) is -0.422. The molecule has 0 spiro atoms. The van der Waals surface area contributed by atoms with Crippen molar-refractivity contribution in [3.8, 4) is 0 Å². The second-order valence-electron chi connectivity index (χ2n) is 4.34. The van der Waals surface area contributed by atoms with Crippen LogP contribution < -0.4 is 5.32 Å². The number of hydrogen-bond acceptors (Lipinski definition) is 3. The number of halogens is 2. The molecule has 0 atom stereocenters. The Morgan fingerprint density at radius 2 is 2.00 bits per heavy atom. The van der Waals surface area contributed by atoms with Crippen LogP contribution in [0.15, 0.2) is 36.4 Å². The smallest absolute Gasteiger partial charge is 0.288 e. The Bertz CT molecular complexity index is 734. The lowest BCUT2D eigenvalue weighted by Crippen LogP contribution is -2.12. The van der Waals surface area contributed by atoms with Gasteiger partial charge in [0.05, 0.1) is 4.92 Å². The normalized spacial score (nSPS) is 10.2. The van der Waals surface area contributed by atoms with Gasteiger partial charge < -0.3 is 5.32 Å². The summed E-state index contributed by atoms with van der Waals surface area (Å²) >= 11 is 7.89. The SMILES string of the molecule is Cc1ccc(NC(=O)c2ccc(Cl)c([N+](=O)[O-])c2)cc1I. The molecule has 1 N–H and O–H groups in total. The Kier molecular flexibility index (Phi) is 4.79. The minimum atomic E-state index is -0.617. The summed E-state index contributed by atoms with van der Waals surface area (Å²) in [5, 5.41) is 13.5. The van der Waals surface area contributed by atoms with Gasteiger partial charge in [-0.15, -0.1) is 0 Å². The Hall–Kier alpha value is -1.67. The van der Waals surface area contributed by atoms with Crippen molar-refractivity contribution in [3.05, 3.63) is 66.2 Å². The lowest BCUT2D eigenvalue weighted by atomic mass is 10.1. The van der Waals surface area contributed by atoms with Crippen molar-refractivity contribution in [1.82, 2.24) is 0 Å². The molecular weight excluding hydrogens is 407 g/mol. The molecule has 5 nitrogen and oxygen atoms in total. The molecule has 0 unspecified atom stereocenters. The van der Waals surface area contributed by atoms with E-state index in [1.807, 2.05) is 19.1 Å². The fraction of sp³-hybridized carbons (Fsp3) is 0.0714. The van der Waals surface area contributed by atoms with E-state index in [0.717, 1.165) is 15.2 Å². The number of anilines is 1. The van der Waals surface area contributed by atoms with Crippen LogP contribution >= 0.6 is 34.2 Å². The Morgan fingerprint density at radius 3 is 2.62 bits per heavy atom. The monoisotopic (exact) mass is 416 g/mol. The van der Waals surface area contributed by atoms with Gasteiger partial charge in [0.25, 0.3) is 11.6 Å². The summed E-state index contributed by atoms with van der Waals surface area (Å²) in [4.78, 5) is 22.3. The number of benzene rings is 2. The molecule has 2 aromatic rings. The van der Waals surface area contributed by atoms with Gasteiger partial charge in [0.1, 0.15) is 5.02 Å². The van der Waals surface area contributed by atoms with Crippen LogP contribution in [0.2, 0.25) is 5.02 Å². The van der Waals surface area contributed by atoms with E-state index in [-0.39, 0.29) is 16.3 Å². The number of nitrogens with one attached hydrogen (secondary N) is 1. The van der Waals surface area contributed by atoms with Gasteiger partial charge in [-0.1, -0.05) is 17.7 Å². The van der Waals surface area contributed by atoms with E-state index in [9.17, 15) is 14.9 Å². The predicted molar refractivity (Wildman–Crippen MR) is 90.0 cm³/mol. The number of rotatable bonds is 3. The average molecular weight is 417 g/mol. The van der Waals surface area contributed by atoms with Gasteiger partial charge in [0.2, 0.25) is 0 Å². The number of nitrogens with zero attached hydrogens (tertiary/aromatic N) is 1. The minimum absolute atomic E-state index is 0.00133. The fourth-order valence-corrected chi connectivity index (χ4v) is 2.37. The average Bonchev–Trinajstić information content (AvgIpc) is 2.43. The Morgan fingerprint density at radius 1 is 1.29 bits per heavy atom. The standard InChI is InChI=1S/C14H10ClIN2O3/c1-8-2-4-10(7-12(8)16)17-14(19)9-3-5-11(15)13(6-9)18(20)21/h2-7H,1H3,(H,17,19). The first kappa shape index (κ1) is 15.7. The Labute approximate surface area is 139 Å². The van der Waals surface area contributed by atoms with Crippen molar-refractivity contribution in [2.75, 3.05) is 5.32 Å². The van der Waals surface area contributed by atoms with Gasteiger partial charge in [-0.05, 0) is 59.3 Å². The van der Waals surface area contributed by atoms with Crippen molar-refractivity contribution in [1.29, 1.82) is 0 Å². The molecule has 21 heavy (non-hydrogen) atoms. The predicted octanol–water partition coefficient (Wildman–Crippen LogP) is 4.41. The van der Waals surface area contributed by atoms with Crippen LogP contribution in [0.4, 0.5) is 11.4 Å². The molecule has 0 fully saturated rings. The zero-order valence-corrected chi connectivity index (χ0v) is 13.8. The largest absolute Gasteiger partial charge is 0.322 e. The van der Waals surface area contributed by atoms with E-state index >= 15 is 0 Å². The van der Waals surface area contributed by atoms with Crippen molar-refractivity contribution in [3.63, 3.8) is 0 Å². The molecule has 0 saturated heterocycles. The molecule has 0 aliphatic rings. The maximum atomic E-state index is 12.1. The number of amides is 1. The van der Waals surface area contributed by atoms with Crippen LogP contribution in [0.25, 0.3) is 0 Å². The summed E-state index contributed by atoms with van der Waals surface area (Å²) in [5.41, 5.74) is 1.63. The highest BCUT2D eigenvalue weighted by atomic mass is 127. The molecule has 7 heteroatoms. The lowest BCUT2D eigenvalue weighted by molar-refractivity contribution is -0.384. The van der Waals surface area contributed by atoms with Gasteiger partial charge >= 0.3 is 0 Å². The van der Waals surface area contributed by atoms with E-state index in [4.69, 9.17) is 11.6 Å². The maximum absolute atomic E-state index is 12.1. The number of carbonyl (C=O) groups is 1. The highest BCUT2D eigenvalue weighted by Crippen LogP contribution is 2.25. The molecule has 0 radical (unpaired) electrons. The van der Waals surface area contributed by atoms with Crippen LogP contribution in [0.5, 0.6) is 0 Å². The number of nitro groups is 1. The summed E-state index contributed by atoms with van der Waals surface area (Å²) in [6, 6.07) is 9.45. The van der Waals surface area contributed by atoms with E-state index in [1.54, 1.807) is 6.07 Å². The Balaban J connectivity index is 2.26. The molecule has 0 aliphatic heterocycles. The minimum Gasteiger partial charge on any atom is -0.322 e. The van der Waals surface area contributed by atoms with Gasteiger partial charge in [-0.25, -0.2) is 0 Å². The molecule has 0 aromatic heterocycles. The first-order valence-electron chi connectivity index (χ1n) is 5.90. The van der Waals surface area contributed by atoms with Crippen LogP contribution in [0, 0.1) is 20.6 Å². The van der Waals surface area contributed by atoms with Crippen LogP contribution in [0.3, 0.4) is 0 Å². The summed E-state index contributed by atoms with van der Waals surface area (Å²) < 4.78 is 1.02. The molecule has 2 rings (SSSR count). The van der Waals surface area contributed by atoms with Crippen molar-refractivity contribution in [2.45, 2.75) is 6.92 Å². The van der Waals surface area contributed by atoms with Crippen LogP contribution in [-0.4, -0.2) is 10.8 Å². The zero-order valence-electron chi connectivity index (χ0n) is 10.9. The van der Waals surface area contributed by atoms with E-state index in [1.165, 1.54) is 12.1 Å². The number of aryl methyl sites for hydroxylation is 1. The van der Waals surface area contributed by atoms with Crippen LogP contribution in [-0.2, 0) is 0 Å². The topological polar surface area (TPSA) is 72.2 Å². The highest BCUT2D eigenvalue weighted by Gasteiger charge is 2.16. The van der Waals surface area contributed by atoms with Crippen LogP contribution in [0.1, 0.15) is 15.9 Å². The number of hydrogen-bond donors (Lipinski definition) is 1. The molecule has 0 aliphatic carbocycles. The molecule has 108 valence electrons. The second kappa shape index (κ2) is 6.40. The van der Waals surface area contributed by atoms with Crippen molar-refractivity contribution >= 4 is 51.5 Å². The quantitative estimate of drug-likeness (QED) is 0.457. The van der Waals surface area contributed by atoms with Crippen molar-refractivity contribution in [2.24, 2.45) is 0 Å². The third-order valence-electron chi connectivity index (χ3n) is 2.83. The summed E-state index contributed by atoms with van der Waals surface area (Å²) in [6.07, 6.45) is 0. The maximum Gasteiger partial charge on any atom is 0.288 e. The van der Waals surface area contributed by atoms with E-state index < -0.39 is 10.8 Å². The molecule has 1 amide bonds. The molecule has 0 heterocycles. The molecule has 2 aromatic carbocycles. The third kappa shape index (κ3) is 3.70. The number of carbonyl (C=O) groups excluding carboxylic acids is 1. The van der Waals surface area contributed by atoms with E-state index in [0.29, 0.717) is 5.69 Å². The number of nitro benzene ring substituents is 1. The molecular formula is C14H10ClIN2O3. The summed E-state index contributed by atoms with van der Waals surface area (Å²) in [6.45, 7) is 1.97. The lowest BCUT2D eigenvalue weighted by Gasteiger charge is -2.07. The van der Waals surface area contributed by atoms with E-state index in [2.05, 4.69) is 27.9 Å². The van der Waals surface area contributed by atoms with Gasteiger partial charge in [0.15, 0.2) is 0 Å². The van der Waals surface area contributed by atoms with Crippen molar-refractivity contribution < 1.29 is 9.72 Å². The first-order valence-corrected chi connectivity index (χ1v) is 7.35. The third-order valence-corrected chi connectivity index (χ3v) is 4.32. The van der Waals surface area contributed by atoms with Gasteiger partial charge in [-0.3, -0.25) is 14.9 Å². The fourth-order valence-electron chi connectivity index (χ4n) is 1.67. The summed E-state index contributed by atoms with van der Waals surface area (Å²) in [7, 11) is 0. The first-order chi connectivity index (χ1) is 9.88. The molecule has 0 saturated carbocycles. The van der Waals surface area contributed by atoms with Gasteiger partial charge in [0, 0.05) is 20.9 Å². The zero-order chi connectivity index (χ0) is 15.6. The molecule has 0 bridgehead atoms. The second-order valence-corrected chi connectivity index (χ2v) is 5.91.